The number of carbonyl (C=O) groups is 1. The average Bonchev–Trinajstić information content (AvgIpc) is 3.19. The summed E-state index contributed by atoms with van der Waals surface area (Å²) in [6.07, 6.45) is 0.914. The van der Waals surface area contributed by atoms with Crippen LogP contribution in [0.5, 0.6) is 0 Å². The Labute approximate surface area is 142 Å². The molecule has 0 saturated carbocycles. The van der Waals surface area contributed by atoms with E-state index < -0.39 is 6.10 Å². The van der Waals surface area contributed by atoms with Crippen LogP contribution in [0.3, 0.4) is 0 Å². The number of nitrogens with zero attached hydrogens (tertiary/aromatic N) is 2. The lowest BCUT2D eigenvalue weighted by Gasteiger charge is -2.11. The summed E-state index contributed by atoms with van der Waals surface area (Å²) in [7, 11) is 0. The van der Waals surface area contributed by atoms with E-state index in [1.165, 1.54) is 0 Å². The van der Waals surface area contributed by atoms with Gasteiger partial charge in [-0.05, 0) is 34.8 Å². The molecule has 23 heavy (non-hydrogen) atoms. The van der Waals surface area contributed by atoms with Crippen LogP contribution in [0.25, 0.3) is 10.1 Å². The SMILES string of the molecule is CCCc1nnsc1C(=O)NCC(O)c1csc2ccccc12. The molecule has 1 amide bonds. The topological polar surface area (TPSA) is 75.1 Å². The van der Waals surface area contributed by atoms with Crippen LogP contribution in [0.2, 0.25) is 0 Å². The van der Waals surface area contributed by atoms with E-state index >= 15 is 0 Å². The Kier molecular flexibility index (Phi) is 5.00. The first kappa shape index (κ1) is 16.0. The second-order valence-electron chi connectivity index (χ2n) is 5.21. The summed E-state index contributed by atoms with van der Waals surface area (Å²) in [5.74, 6) is -0.220. The van der Waals surface area contributed by atoms with Gasteiger partial charge < -0.3 is 10.4 Å². The Bertz CT molecular complexity index is 812. The zero-order chi connectivity index (χ0) is 16.2. The van der Waals surface area contributed by atoms with Crippen molar-refractivity contribution in [2.75, 3.05) is 6.54 Å². The van der Waals surface area contributed by atoms with E-state index in [0.717, 1.165) is 45.7 Å². The molecule has 0 aliphatic heterocycles. The Hall–Kier alpha value is -1.83. The molecule has 2 heterocycles. The van der Waals surface area contributed by atoms with Crippen molar-refractivity contribution in [2.24, 2.45) is 0 Å². The minimum absolute atomic E-state index is 0.170. The summed E-state index contributed by atoms with van der Waals surface area (Å²) in [5, 5.41) is 20.1. The third-order valence-corrected chi connectivity index (χ3v) is 5.32. The molecule has 0 fully saturated rings. The molecule has 0 spiro atoms. The number of rotatable bonds is 6. The molecule has 7 heteroatoms. The molecule has 0 bridgehead atoms. The highest BCUT2D eigenvalue weighted by atomic mass is 32.1. The van der Waals surface area contributed by atoms with Crippen molar-refractivity contribution in [2.45, 2.75) is 25.9 Å². The number of thiophene rings is 1. The molecule has 2 aromatic heterocycles. The molecule has 3 aromatic rings. The first-order valence-electron chi connectivity index (χ1n) is 7.44. The maximum Gasteiger partial charge on any atom is 0.265 e. The summed E-state index contributed by atoms with van der Waals surface area (Å²) >= 11 is 2.69. The van der Waals surface area contributed by atoms with Crippen molar-refractivity contribution >= 4 is 38.9 Å². The summed E-state index contributed by atoms with van der Waals surface area (Å²) in [5.41, 5.74) is 1.58. The minimum atomic E-state index is -0.731. The molecule has 1 aromatic carbocycles. The van der Waals surface area contributed by atoms with E-state index in [-0.39, 0.29) is 12.5 Å². The number of hydrogen-bond acceptors (Lipinski definition) is 6. The van der Waals surface area contributed by atoms with E-state index in [4.69, 9.17) is 0 Å². The van der Waals surface area contributed by atoms with E-state index in [1.54, 1.807) is 11.3 Å². The number of benzene rings is 1. The summed E-state index contributed by atoms with van der Waals surface area (Å²) in [4.78, 5) is 12.8. The maximum atomic E-state index is 12.2. The number of carbonyl (C=O) groups excluding carboxylic acids is 1. The third kappa shape index (κ3) is 3.41. The zero-order valence-electron chi connectivity index (χ0n) is 12.7. The zero-order valence-corrected chi connectivity index (χ0v) is 14.3. The van der Waals surface area contributed by atoms with Gasteiger partial charge in [0.2, 0.25) is 0 Å². The predicted molar refractivity (Wildman–Crippen MR) is 93.0 cm³/mol. The number of hydrogen-bond donors (Lipinski definition) is 2. The number of aryl methyl sites for hydroxylation is 1. The van der Waals surface area contributed by atoms with Crippen LogP contribution in [0.1, 0.15) is 40.4 Å². The fourth-order valence-electron chi connectivity index (χ4n) is 2.42. The van der Waals surface area contributed by atoms with Crippen LogP contribution >= 0.6 is 22.9 Å². The van der Waals surface area contributed by atoms with Crippen molar-refractivity contribution in [3.8, 4) is 0 Å². The number of amides is 1. The second kappa shape index (κ2) is 7.16. The highest BCUT2D eigenvalue weighted by molar-refractivity contribution is 7.17. The van der Waals surface area contributed by atoms with Gasteiger partial charge in [-0.25, -0.2) is 0 Å². The molecule has 0 aliphatic carbocycles. The van der Waals surface area contributed by atoms with Crippen LogP contribution < -0.4 is 5.32 Å². The standard InChI is InChI=1S/C16H17N3O2S2/c1-2-5-12-15(23-19-18-12)16(21)17-8-13(20)11-9-22-14-7-4-3-6-10(11)14/h3-4,6-7,9,13,20H,2,5,8H2,1H3,(H,17,21). The molecule has 2 N–H and O–H groups in total. The minimum Gasteiger partial charge on any atom is -0.387 e. The lowest BCUT2D eigenvalue weighted by molar-refractivity contribution is 0.0920. The monoisotopic (exact) mass is 347 g/mol. The molecule has 0 radical (unpaired) electrons. The van der Waals surface area contributed by atoms with Crippen LogP contribution in [-0.4, -0.2) is 27.1 Å². The van der Waals surface area contributed by atoms with Crippen LogP contribution in [0.4, 0.5) is 0 Å². The van der Waals surface area contributed by atoms with Gasteiger partial charge in [-0.15, -0.1) is 16.4 Å². The fourth-order valence-corrected chi connectivity index (χ4v) is 4.05. The Morgan fingerprint density at radius 1 is 1.39 bits per heavy atom. The molecule has 120 valence electrons. The molecule has 0 aliphatic rings. The largest absolute Gasteiger partial charge is 0.387 e. The third-order valence-electron chi connectivity index (χ3n) is 3.57. The van der Waals surface area contributed by atoms with Gasteiger partial charge in [-0.2, -0.15) is 0 Å². The lowest BCUT2D eigenvalue weighted by atomic mass is 10.1. The lowest BCUT2D eigenvalue weighted by Crippen LogP contribution is -2.28. The Balaban J connectivity index is 1.68. The molecular weight excluding hydrogens is 330 g/mol. The molecule has 1 unspecified atom stereocenters. The van der Waals surface area contributed by atoms with Gasteiger partial charge in [0.1, 0.15) is 4.88 Å². The van der Waals surface area contributed by atoms with Gasteiger partial charge in [0.05, 0.1) is 11.8 Å². The van der Waals surface area contributed by atoms with Crippen LogP contribution in [0.15, 0.2) is 29.6 Å². The predicted octanol–water partition coefficient (Wildman–Crippen LogP) is 3.17. The van der Waals surface area contributed by atoms with Gasteiger partial charge in [0.15, 0.2) is 0 Å². The van der Waals surface area contributed by atoms with E-state index in [9.17, 15) is 9.90 Å². The molecule has 3 rings (SSSR count). The van der Waals surface area contributed by atoms with Gasteiger partial charge in [-0.1, -0.05) is 36.0 Å². The molecular formula is C16H17N3O2S2. The number of aliphatic hydroxyl groups is 1. The van der Waals surface area contributed by atoms with Crippen molar-refractivity contribution in [3.05, 3.63) is 45.8 Å². The van der Waals surface area contributed by atoms with Crippen molar-refractivity contribution in [1.82, 2.24) is 14.9 Å². The Morgan fingerprint density at radius 3 is 3.04 bits per heavy atom. The summed E-state index contributed by atoms with van der Waals surface area (Å²) in [6.45, 7) is 2.20. The number of aliphatic hydroxyl groups excluding tert-OH is 1. The first-order valence-corrected chi connectivity index (χ1v) is 9.09. The van der Waals surface area contributed by atoms with Gasteiger partial charge in [-0.3, -0.25) is 4.79 Å². The average molecular weight is 347 g/mol. The number of aromatic nitrogens is 2. The highest BCUT2D eigenvalue weighted by Crippen LogP contribution is 2.29. The molecule has 1 atom stereocenters. The van der Waals surface area contributed by atoms with E-state index in [1.807, 2.05) is 36.6 Å². The summed E-state index contributed by atoms with van der Waals surface area (Å²) in [6, 6.07) is 7.93. The van der Waals surface area contributed by atoms with Gasteiger partial charge in [0.25, 0.3) is 5.91 Å². The van der Waals surface area contributed by atoms with Crippen molar-refractivity contribution < 1.29 is 9.90 Å². The maximum absolute atomic E-state index is 12.2. The normalized spacial score (nSPS) is 12.4. The fraction of sp³-hybridized carbons (Fsp3) is 0.312. The smallest absolute Gasteiger partial charge is 0.265 e. The van der Waals surface area contributed by atoms with Crippen molar-refractivity contribution in [1.29, 1.82) is 0 Å². The first-order chi connectivity index (χ1) is 11.2. The van der Waals surface area contributed by atoms with Gasteiger partial charge >= 0.3 is 0 Å². The highest BCUT2D eigenvalue weighted by Gasteiger charge is 2.18. The van der Waals surface area contributed by atoms with Crippen LogP contribution in [-0.2, 0) is 6.42 Å². The Morgan fingerprint density at radius 2 is 2.22 bits per heavy atom. The van der Waals surface area contributed by atoms with Crippen molar-refractivity contribution in [3.63, 3.8) is 0 Å². The van der Waals surface area contributed by atoms with Crippen LogP contribution in [0, 0.1) is 0 Å². The summed E-state index contributed by atoms with van der Waals surface area (Å²) < 4.78 is 4.98. The van der Waals surface area contributed by atoms with E-state index in [0.29, 0.717) is 4.88 Å². The van der Waals surface area contributed by atoms with E-state index in [2.05, 4.69) is 14.9 Å². The molecule has 5 nitrogen and oxygen atoms in total. The molecule has 0 saturated heterocycles. The second-order valence-corrected chi connectivity index (χ2v) is 6.88. The number of fused-ring (bicyclic) bond motifs is 1. The number of nitrogens with one attached hydrogen (secondary N) is 1. The van der Waals surface area contributed by atoms with Gasteiger partial charge in [0, 0.05) is 16.8 Å². The quantitative estimate of drug-likeness (QED) is 0.718.